The molecule has 0 aliphatic heterocycles. The number of hydrogen-bond acceptors (Lipinski definition) is 3. The molecule has 3 nitrogen and oxygen atoms in total. The minimum atomic E-state index is 0.132. The average Bonchev–Trinajstić information content (AvgIpc) is 2.26. The molecule has 0 amide bonds. The summed E-state index contributed by atoms with van der Waals surface area (Å²) in [6.45, 7) is 4.79. The van der Waals surface area contributed by atoms with Gasteiger partial charge in [-0.25, -0.2) is 0 Å². The van der Waals surface area contributed by atoms with Crippen LogP contribution in [0.1, 0.15) is 18.1 Å². The topological polar surface area (TPSA) is 49.5 Å². The van der Waals surface area contributed by atoms with Crippen LogP contribution in [0.25, 0.3) is 0 Å². The molecule has 1 aromatic carbocycles. The smallest absolute Gasteiger partial charge is 0.0632 e. The third-order valence-corrected chi connectivity index (χ3v) is 2.80. The highest BCUT2D eigenvalue weighted by atomic mass is 16.3. The van der Waals surface area contributed by atoms with Gasteiger partial charge in [0.1, 0.15) is 0 Å². The van der Waals surface area contributed by atoms with Crippen LogP contribution < -0.4 is 10.6 Å². The third kappa shape index (κ3) is 2.70. The van der Waals surface area contributed by atoms with Gasteiger partial charge in [0.2, 0.25) is 0 Å². The van der Waals surface area contributed by atoms with Gasteiger partial charge >= 0.3 is 0 Å². The minimum absolute atomic E-state index is 0.132. The van der Waals surface area contributed by atoms with E-state index in [1.54, 1.807) is 0 Å². The van der Waals surface area contributed by atoms with E-state index in [1.807, 2.05) is 20.0 Å². The predicted molar refractivity (Wildman–Crippen MR) is 64.0 cm³/mol. The molecule has 1 unspecified atom stereocenters. The van der Waals surface area contributed by atoms with Crippen molar-refractivity contribution in [3.8, 4) is 0 Å². The van der Waals surface area contributed by atoms with Crippen molar-refractivity contribution in [2.75, 3.05) is 18.6 Å². The van der Waals surface area contributed by atoms with Gasteiger partial charge in [-0.05, 0) is 31.0 Å². The van der Waals surface area contributed by atoms with Crippen molar-refractivity contribution in [1.82, 2.24) is 0 Å². The van der Waals surface area contributed by atoms with E-state index in [1.165, 1.54) is 5.56 Å². The van der Waals surface area contributed by atoms with Crippen LogP contribution in [0.4, 0.5) is 5.69 Å². The van der Waals surface area contributed by atoms with Crippen LogP contribution in [-0.2, 0) is 6.54 Å². The SMILES string of the molecule is Cc1cc(CN)ccc1N(C)C(C)CO. The van der Waals surface area contributed by atoms with Gasteiger partial charge in [-0.1, -0.05) is 12.1 Å². The van der Waals surface area contributed by atoms with Crippen molar-refractivity contribution in [2.24, 2.45) is 5.73 Å². The van der Waals surface area contributed by atoms with Crippen LogP contribution in [0.15, 0.2) is 18.2 Å². The maximum atomic E-state index is 9.10. The van der Waals surface area contributed by atoms with Crippen LogP contribution in [0.2, 0.25) is 0 Å². The van der Waals surface area contributed by atoms with Gasteiger partial charge in [-0.15, -0.1) is 0 Å². The second-order valence-electron chi connectivity index (χ2n) is 3.97. The fourth-order valence-corrected chi connectivity index (χ4v) is 1.60. The highest BCUT2D eigenvalue weighted by Gasteiger charge is 2.10. The van der Waals surface area contributed by atoms with Crippen LogP contribution in [0, 0.1) is 6.92 Å². The van der Waals surface area contributed by atoms with Gasteiger partial charge in [0.15, 0.2) is 0 Å². The van der Waals surface area contributed by atoms with Crippen molar-refractivity contribution in [1.29, 1.82) is 0 Å². The fraction of sp³-hybridized carbons (Fsp3) is 0.500. The zero-order valence-electron chi connectivity index (χ0n) is 9.70. The quantitative estimate of drug-likeness (QED) is 0.783. The monoisotopic (exact) mass is 208 g/mol. The number of nitrogens with two attached hydrogens (primary N) is 1. The first-order chi connectivity index (χ1) is 7.10. The number of anilines is 1. The van der Waals surface area contributed by atoms with E-state index in [4.69, 9.17) is 10.8 Å². The second-order valence-corrected chi connectivity index (χ2v) is 3.97. The fourth-order valence-electron chi connectivity index (χ4n) is 1.60. The molecule has 1 atom stereocenters. The summed E-state index contributed by atoms with van der Waals surface area (Å²) in [5.74, 6) is 0. The Bertz CT molecular complexity index is 325. The molecule has 0 heterocycles. The summed E-state index contributed by atoms with van der Waals surface area (Å²) in [4.78, 5) is 2.08. The van der Waals surface area contributed by atoms with Crippen LogP contribution in [0.3, 0.4) is 0 Å². The van der Waals surface area contributed by atoms with E-state index in [0.717, 1.165) is 11.3 Å². The molecule has 1 rings (SSSR count). The maximum Gasteiger partial charge on any atom is 0.0632 e. The van der Waals surface area contributed by atoms with E-state index >= 15 is 0 Å². The molecule has 0 aromatic heterocycles. The lowest BCUT2D eigenvalue weighted by molar-refractivity contribution is 0.270. The largest absolute Gasteiger partial charge is 0.394 e. The number of aliphatic hydroxyl groups excluding tert-OH is 1. The first kappa shape index (κ1) is 12.0. The molecule has 15 heavy (non-hydrogen) atoms. The summed E-state index contributed by atoms with van der Waals surface area (Å²) in [5.41, 5.74) is 9.06. The number of likely N-dealkylation sites (N-methyl/N-ethyl adjacent to an activating group) is 1. The van der Waals surface area contributed by atoms with E-state index in [9.17, 15) is 0 Å². The van der Waals surface area contributed by atoms with E-state index in [-0.39, 0.29) is 12.6 Å². The maximum absolute atomic E-state index is 9.10. The molecule has 3 heteroatoms. The number of hydrogen-bond donors (Lipinski definition) is 2. The van der Waals surface area contributed by atoms with Crippen molar-refractivity contribution in [3.05, 3.63) is 29.3 Å². The first-order valence-electron chi connectivity index (χ1n) is 5.23. The van der Waals surface area contributed by atoms with Gasteiger partial charge in [-0.2, -0.15) is 0 Å². The Morgan fingerprint density at radius 1 is 1.47 bits per heavy atom. The number of aliphatic hydroxyl groups is 1. The van der Waals surface area contributed by atoms with Gasteiger partial charge in [0.25, 0.3) is 0 Å². The van der Waals surface area contributed by atoms with Crippen molar-refractivity contribution in [3.63, 3.8) is 0 Å². The summed E-state index contributed by atoms with van der Waals surface area (Å²) in [6.07, 6.45) is 0. The molecule has 0 radical (unpaired) electrons. The minimum Gasteiger partial charge on any atom is -0.394 e. The summed E-state index contributed by atoms with van der Waals surface area (Å²) >= 11 is 0. The molecule has 0 fully saturated rings. The molecule has 0 spiro atoms. The van der Waals surface area contributed by atoms with Crippen LogP contribution >= 0.6 is 0 Å². The van der Waals surface area contributed by atoms with Crippen LogP contribution in [0.5, 0.6) is 0 Å². The predicted octanol–water partition coefficient (Wildman–Crippen LogP) is 1.27. The number of rotatable bonds is 4. The average molecular weight is 208 g/mol. The lowest BCUT2D eigenvalue weighted by Gasteiger charge is -2.27. The number of nitrogens with zero attached hydrogens (tertiary/aromatic N) is 1. The van der Waals surface area contributed by atoms with Crippen molar-refractivity contribution < 1.29 is 5.11 Å². The summed E-state index contributed by atoms with van der Waals surface area (Å²) in [6, 6.07) is 6.31. The molecule has 0 saturated carbocycles. The Hall–Kier alpha value is -1.06. The lowest BCUT2D eigenvalue weighted by atomic mass is 10.1. The second kappa shape index (κ2) is 5.14. The third-order valence-electron chi connectivity index (χ3n) is 2.80. The molecule has 84 valence electrons. The molecule has 3 N–H and O–H groups in total. The van der Waals surface area contributed by atoms with Crippen LogP contribution in [-0.4, -0.2) is 24.8 Å². The Morgan fingerprint density at radius 3 is 2.60 bits per heavy atom. The summed E-state index contributed by atoms with van der Waals surface area (Å²) < 4.78 is 0. The summed E-state index contributed by atoms with van der Waals surface area (Å²) in [5, 5.41) is 9.10. The van der Waals surface area contributed by atoms with E-state index in [0.29, 0.717) is 6.54 Å². The molecule has 0 aliphatic carbocycles. The Labute approximate surface area is 91.5 Å². The number of aryl methyl sites for hydroxylation is 1. The molecule has 1 aromatic rings. The first-order valence-corrected chi connectivity index (χ1v) is 5.23. The van der Waals surface area contributed by atoms with Gasteiger partial charge < -0.3 is 15.7 Å². The Kier molecular flexibility index (Phi) is 4.12. The Morgan fingerprint density at radius 2 is 2.13 bits per heavy atom. The standard InChI is InChI=1S/C12H20N2O/c1-9-6-11(7-13)4-5-12(9)14(3)10(2)8-15/h4-6,10,15H,7-8,13H2,1-3H3. The molecular weight excluding hydrogens is 188 g/mol. The Balaban J connectivity index is 2.95. The zero-order valence-corrected chi connectivity index (χ0v) is 9.70. The highest BCUT2D eigenvalue weighted by Crippen LogP contribution is 2.21. The van der Waals surface area contributed by atoms with Gasteiger partial charge in [0.05, 0.1) is 6.61 Å². The molecular formula is C12H20N2O. The number of benzene rings is 1. The lowest BCUT2D eigenvalue weighted by Crippen LogP contribution is -2.32. The molecule has 0 bridgehead atoms. The van der Waals surface area contributed by atoms with E-state index < -0.39 is 0 Å². The van der Waals surface area contributed by atoms with E-state index in [2.05, 4.69) is 24.0 Å². The summed E-state index contributed by atoms with van der Waals surface area (Å²) in [7, 11) is 1.99. The molecule has 0 aliphatic rings. The normalized spacial score (nSPS) is 12.6. The van der Waals surface area contributed by atoms with Gasteiger partial charge in [0, 0.05) is 25.3 Å². The highest BCUT2D eigenvalue weighted by molar-refractivity contribution is 5.54. The van der Waals surface area contributed by atoms with Crippen molar-refractivity contribution >= 4 is 5.69 Å². The van der Waals surface area contributed by atoms with Gasteiger partial charge in [-0.3, -0.25) is 0 Å². The van der Waals surface area contributed by atoms with Crippen molar-refractivity contribution in [2.45, 2.75) is 26.4 Å². The zero-order chi connectivity index (χ0) is 11.4. The molecule has 0 saturated heterocycles.